The van der Waals surface area contributed by atoms with Crippen molar-refractivity contribution < 1.29 is 35.9 Å². The summed E-state index contributed by atoms with van der Waals surface area (Å²) in [6, 6.07) is 9.23. The Kier molecular flexibility index (Phi) is 7.53. The molecule has 1 N–H and O–H groups in total. The molecule has 35 heavy (non-hydrogen) atoms. The maximum absolute atomic E-state index is 13.3. The molecule has 0 atom stereocenters. The lowest BCUT2D eigenvalue weighted by molar-refractivity contribution is -0.274. The molecule has 2 aliphatic heterocycles. The second-order valence-corrected chi connectivity index (χ2v) is 10.2. The molecule has 0 unspecified atom stereocenters. The maximum atomic E-state index is 13.3. The van der Waals surface area contributed by atoms with E-state index in [9.17, 15) is 26.4 Å². The molecule has 2 aromatic carbocycles. The highest BCUT2D eigenvalue weighted by atomic mass is 32.2. The van der Waals surface area contributed by atoms with E-state index in [-0.39, 0.29) is 16.1 Å². The summed E-state index contributed by atoms with van der Waals surface area (Å²) < 4.78 is 74.3. The molecule has 2 aliphatic rings. The maximum Gasteiger partial charge on any atom is 0.573 e. The molecule has 190 valence electrons. The summed E-state index contributed by atoms with van der Waals surface area (Å²) in [5.41, 5.74) is 0.947. The summed E-state index contributed by atoms with van der Waals surface area (Å²) >= 11 is 0. The van der Waals surface area contributed by atoms with Crippen LogP contribution in [0.1, 0.15) is 29.6 Å². The van der Waals surface area contributed by atoms with Crippen LogP contribution >= 0.6 is 0 Å². The highest BCUT2D eigenvalue weighted by Crippen LogP contribution is 2.29. The van der Waals surface area contributed by atoms with Crippen molar-refractivity contribution in [2.24, 2.45) is 0 Å². The van der Waals surface area contributed by atoms with Gasteiger partial charge >= 0.3 is 6.36 Å². The fourth-order valence-electron chi connectivity index (χ4n) is 4.13. The second kappa shape index (κ2) is 10.4. The molecule has 1 amide bonds. The smallest absolute Gasteiger partial charge is 0.406 e. The van der Waals surface area contributed by atoms with E-state index in [2.05, 4.69) is 10.1 Å². The normalized spacial score (nSPS) is 17.7. The minimum atomic E-state index is -4.82. The average molecular weight is 514 g/mol. The van der Waals surface area contributed by atoms with Crippen LogP contribution in [-0.2, 0) is 14.8 Å². The summed E-state index contributed by atoms with van der Waals surface area (Å²) in [7, 11) is -3.77. The number of rotatable bonds is 6. The van der Waals surface area contributed by atoms with E-state index in [0.29, 0.717) is 45.1 Å². The lowest BCUT2D eigenvalue weighted by Crippen LogP contribution is -2.38. The Morgan fingerprint density at radius 1 is 0.943 bits per heavy atom. The van der Waals surface area contributed by atoms with Gasteiger partial charge in [0.1, 0.15) is 5.75 Å². The average Bonchev–Trinajstić information content (AvgIpc) is 2.85. The first-order valence-corrected chi connectivity index (χ1v) is 12.7. The van der Waals surface area contributed by atoms with Crippen molar-refractivity contribution in [1.82, 2.24) is 4.31 Å². The van der Waals surface area contributed by atoms with Crippen LogP contribution in [0.2, 0.25) is 0 Å². The van der Waals surface area contributed by atoms with E-state index in [1.54, 1.807) is 6.07 Å². The number of alkyl halides is 3. The molecular formula is C23H26F3N3O5S. The number of nitrogens with one attached hydrogen (secondary N) is 1. The third kappa shape index (κ3) is 6.24. The van der Waals surface area contributed by atoms with Gasteiger partial charge in [-0.2, -0.15) is 4.31 Å². The lowest BCUT2D eigenvalue weighted by Gasteiger charge is -2.31. The summed E-state index contributed by atoms with van der Waals surface area (Å²) in [6.07, 6.45) is -2.28. The van der Waals surface area contributed by atoms with Gasteiger partial charge < -0.3 is 19.7 Å². The van der Waals surface area contributed by atoms with Gasteiger partial charge in [0.2, 0.25) is 10.0 Å². The minimum absolute atomic E-state index is 0.0236. The van der Waals surface area contributed by atoms with Crippen LogP contribution in [0.15, 0.2) is 47.4 Å². The number of ether oxygens (including phenoxy) is 2. The fraction of sp³-hybridized carbons (Fsp3) is 0.435. The number of benzene rings is 2. The van der Waals surface area contributed by atoms with Crippen LogP contribution in [0.4, 0.5) is 24.5 Å². The molecule has 0 aliphatic carbocycles. The van der Waals surface area contributed by atoms with Crippen LogP contribution in [-0.4, -0.2) is 64.4 Å². The number of anilines is 2. The molecule has 0 saturated carbocycles. The fourth-order valence-corrected chi connectivity index (χ4v) is 5.67. The van der Waals surface area contributed by atoms with Gasteiger partial charge in [0.25, 0.3) is 5.91 Å². The predicted molar refractivity (Wildman–Crippen MR) is 123 cm³/mol. The second-order valence-electron chi connectivity index (χ2n) is 8.27. The highest BCUT2D eigenvalue weighted by molar-refractivity contribution is 7.89. The lowest BCUT2D eigenvalue weighted by atomic mass is 10.1. The molecule has 2 aromatic rings. The van der Waals surface area contributed by atoms with Gasteiger partial charge in [-0.3, -0.25) is 4.79 Å². The largest absolute Gasteiger partial charge is 0.573 e. The highest BCUT2D eigenvalue weighted by Gasteiger charge is 2.31. The predicted octanol–water partition coefficient (Wildman–Crippen LogP) is 3.85. The van der Waals surface area contributed by atoms with E-state index in [1.165, 1.54) is 28.6 Å². The summed E-state index contributed by atoms with van der Waals surface area (Å²) in [4.78, 5) is 15.2. The first kappa shape index (κ1) is 25.3. The third-order valence-corrected chi connectivity index (χ3v) is 7.76. The van der Waals surface area contributed by atoms with Crippen LogP contribution in [0.25, 0.3) is 0 Å². The summed E-state index contributed by atoms with van der Waals surface area (Å²) in [6.45, 7) is 2.86. The number of piperidine rings is 1. The van der Waals surface area contributed by atoms with Gasteiger partial charge in [-0.05, 0) is 55.3 Å². The Morgan fingerprint density at radius 2 is 1.60 bits per heavy atom. The molecule has 2 saturated heterocycles. The van der Waals surface area contributed by atoms with Crippen LogP contribution in [0, 0.1) is 0 Å². The van der Waals surface area contributed by atoms with Gasteiger partial charge in [0.15, 0.2) is 0 Å². The van der Waals surface area contributed by atoms with Crippen LogP contribution < -0.4 is 15.0 Å². The number of sulfonamides is 1. The number of hydrogen-bond donors (Lipinski definition) is 1. The van der Waals surface area contributed by atoms with Gasteiger partial charge in [0, 0.05) is 37.6 Å². The Balaban J connectivity index is 1.62. The van der Waals surface area contributed by atoms with Gasteiger partial charge in [0.05, 0.1) is 23.7 Å². The number of carbonyl (C=O) groups is 1. The van der Waals surface area contributed by atoms with E-state index >= 15 is 0 Å². The number of nitrogens with zero attached hydrogens (tertiary/aromatic N) is 2. The Morgan fingerprint density at radius 3 is 2.23 bits per heavy atom. The molecule has 2 fully saturated rings. The molecule has 8 nitrogen and oxygen atoms in total. The molecule has 4 rings (SSSR count). The van der Waals surface area contributed by atoms with Crippen molar-refractivity contribution in [2.45, 2.75) is 30.5 Å². The van der Waals surface area contributed by atoms with Crippen LogP contribution in [0.3, 0.4) is 0 Å². The van der Waals surface area contributed by atoms with E-state index < -0.39 is 28.0 Å². The van der Waals surface area contributed by atoms with Crippen molar-refractivity contribution in [2.75, 3.05) is 49.6 Å². The quantitative estimate of drug-likeness (QED) is 0.632. The first-order valence-electron chi connectivity index (χ1n) is 11.3. The van der Waals surface area contributed by atoms with Crippen molar-refractivity contribution in [3.8, 4) is 5.75 Å². The standard InChI is InChI=1S/C23H26F3N3O5S/c24-23(25,26)34-18-6-4-17(5-7-18)27-22(30)20-16-19(35(31,32)29-10-2-1-3-11-29)8-9-21(20)28-12-14-33-15-13-28/h4-9,16H,1-3,10-15H2,(H,27,30). The Bertz CT molecular complexity index is 1140. The Hall–Kier alpha value is -2.83. The summed E-state index contributed by atoms with van der Waals surface area (Å²) in [5.74, 6) is -0.995. The zero-order valence-corrected chi connectivity index (χ0v) is 19.7. The number of hydrogen-bond acceptors (Lipinski definition) is 6. The monoisotopic (exact) mass is 513 g/mol. The first-order chi connectivity index (χ1) is 16.6. The van der Waals surface area contributed by atoms with Crippen molar-refractivity contribution in [3.63, 3.8) is 0 Å². The minimum Gasteiger partial charge on any atom is -0.406 e. The molecule has 0 bridgehead atoms. The van der Waals surface area contributed by atoms with Gasteiger partial charge in [-0.15, -0.1) is 13.2 Å². The SMILES string of the molecule is O=C(Nc1ccc(OC(F)(F)F)cc1)c1cc(S(=O)(=O)N2CCCCC2)ccc1N1CCOCC1. The number of amides is 1. The molecule has 12 heteroatoms. The summed E-state index contributed by atoms with van der Waals surface area (Å²) in [5, 5.41) is 2.64. The zero-order chi connectivity index (χ0) is 25.1. The van der Waals surface area contributed by atoms with Crippen molar-refractivity contribution in [3.05, 3.63) is 48.0 Å². The third-order valence-electron chi connectivity index (χ3n) is 5.86. The zero-order valence-electron chi connectivity index (χ0n) is 18.9. The number of morpholine rings is 1. The number of carbonyl (C=O) groups excluding carboxylic acids is 1. The van der Waals surface area contributed by atoms with E-state index in [4.69, 9.17) is 4.74 Å². The molecule has 0 aromatic heterocycles. The van der Waals surface area contributed by atoms with E-state index in [0.717, 1.165) is 31.4 Å². The van der Waals surface area contributed by atoms with Gasteiger partial charge in [-0.1, -0.05) is 6.42 Å². The number of halogens is 3. The van der Waals surface area contributed by atoms with Crippen molar-refractivity contribution >= 4 is 27.3 Å². The molecule has 0 radical (unpaired) electrons. The van der Waals surface area contributed by atoms with Gasteiger partial charge in [-0.25, -0.2) is 8.42 Å². The molecular weight excluding hydrogens is 487 g/mol. The topological polar surface area (TPSA) is 88.2 Å². The van der Waals surface area contributed by atoms with E-state index in [1.807, 2.05) is 4.90 Å². The van der Waals surface area contributed by atoms with Crippen LogP contribution in [0.5, 0.6) is 5.75 Å². The Labute approximate surface area is 201 Å². The molecule has 2 heterocycles. The molecule has 0 spiro atoms. The van der Waals surface area contributed by atoms with Crippen molar-refractivity contribution in [1.29, 1.82) is 0 Å².